The molecule has 3 rings (SSSR count). The summed E-state index contributed by atoms with van der Waals surface area (Å²) in [6, 6.07) is 0.343. The molecule has 0 unspecified atom stereocenters. The third kappa shape index (κ3) is 2.82. The van der Waals surface area contributed by atoms with Gasteiger partial charge in [-0.3, -0.25) is 9.59 Å². The Morgan fingerprint density at radius 1 is 1.35 bits per heavy atom. The van der Waals surface area contributed by atoms with Crippen LogP contribution in [0.25, 0.3) is 0 Å². The molecule has 0 bridgehead atoms. The van der Waals surface area contributed by atoms with Gasteiger partial charge in [-0.15, -0.1) is 10.2 Å². The average Bonchev–Trinajstić information content (AvgIpc) is 3.09. The van der Waals surface area contributed by atoms with Gasteiger partial charge in [-0.25, -0.2) is 0 Å². The van der Waals surface area contributed by atoms with Crippen LogP contribution >= 0.6 is 11.3 Å². The Hall–Kier alpha value is -1.50. The normalized spacial score (nSPS) is 24.1. The van der Waals surface area contributed by atoms with Crippen LogP contribution in [0.3, 0.4) is 0 Å². The van der Waals surface area contributed by atoms with Crippen molar-refractivity contribution in [2.45, 2.75) is 44.6 Å². The second-order valence-electron chi connectivity index (χ2n) is 5.47. The van der Waals surface area contributed by atoms with E-state index in [-0.39, 0.29) is 17.7 Å². The Bertz CT molecular complexity index is 485. The number of nitrogens with zero attached hydrogens (tertiary/aromatic N) is 3. The highest BCUT2D eigenvalue weighted by atomic mass is 32.1. The van der Waals surface area contributed by atoms with Gasteiger partial charge in [0.25, 0.3) is 0 Å². The van der Waals surface area contributed by atoms with Gasteiger partial charge in [0, 0.05) is 19.0 Å². The van der Waals surface area contributed by atoms with Crippen LogP contribution in [0.15, 0.2) is 5.51 Å². The van der Waals surface area contributed by atoms with E-state index in [4.69, 9.17) is 0 Å². The van der Waals surface area contributed by atoms with Gasteiger partial charge in [-0.05, 0) is 12.8 Å². The lowest BCUT2D eigenvalue weighted by Gasteiger charge is -2.31. The lowest BCUT2D eigenvalue weighted by Crippen LogP contribution is -2.38. The van der Waals surface area contributed by atoms with Gasteiger partial charge in [0.15, 0.2) is 0 Å². The number of likely N-dealkylation sites (tertiary alicyclic amines) is 1. The summed E-state index contributed by atoms with van der Waals surface area (Å²) in [5.41, 5.74) is 1.57. The van der Waals surface area contributed by atoms with E-state index in [9.17, 15) is 9.59 Å². The predicted octanol–water partition coefficient (Wildman–Crippen LogP) is 1.66. The van der Waals surface area contributed by atoms with Crippen molar-refractivity contribution in [1.82, 2.24) is 15.1 Å². The van der Waals surface area contributed by atoms with E-state index >= 15 is 0 Å². The maximum atomic E-state index is 12.1. The lowest BCUT2D eigenvalue weighted by molar-refractivity contribution is -0.130. The van der Waals surface area contributed by atoms with Gasteiger partial charge >= 0.3 is 0 Å². The van der Waals surface area contributed by atoms with Gasteiger partial charge in [0.2, 0.25) is 16.9 Å². The number of hydrogen-bond acceptors (Lipinski definition) is 5. The van der Waals surface area contributed by atoms with Crippen LogP contribution < -0.4 is 5.32 Å². The summed E-state index contributed by atoms with van der Waals surface area (Å²) in [6.45, 7) is 0.550. The maximum Gasteiger partial charge on any atom is 0.231 e. The van der Waals surface area contributed by atoms with E-state index in [0.717, 1.165) is 12.8 Å². The quantitative estimate of drug-likeness (QED) is 0.920. The fourth-order valence-corrected chi connectivity index (χ4v) is 3.54. The molecule has 2 amide bonds. The number of nitrogens with one attached hydrogen (secondary N) is 1. The molecule has 2 heterocycles. The van der Waals surface area contributed by atoms with E-state index in [1.54, 1.807) is 5.51 Å². The van der Waals surface area contributed by atoms with Crippen molar-refractivity contribution in [2.24, 2.45) is 5.92 Å². The van der Waals surface area contributed by atoms with Gasteiger partial charge < -0.3 is 10.2 Å². The summed E-state index contributed by atoms with van der Waals surface area (Å²) >= 11 is 1.29. The molecular weight excluding hydrogens is 276 g/mol. The zero-order valence-electron chi connectivity index (χ0n) is 11.2. The molecule has 2 fully saturated rings. The molecular formula is C13H18N4O2S. The van der Waals surface area contributed by atoms with Gasteiger partial charge in [-0.1, -0.05) is 30.6 Å². The molecule has 1 aromatic heterocycles. The van der Waals surface area contributed by atoms with Crippen molar-refractivity contribution in [3.8, 4) is 0 Å². The summed E-state index contributed by atoms with van der Waals surface area (Å²) in [5, 5.41) is 10.7. The second-order valence-corrected chi connectivity index (χ2v) is 6.31. The molecule has 1 atom stereocenters. The lowest BCUT2D eigenvalue weighted by atomic mass is 9.94. The van der Waals surface area contributed by atoms with Gasteiger partial charge in [0.1, 0.15) is 5.51 Å². The number of carbonyl (C=O) groups is 2. The van der Waals surface area contributed by atoms with E-state index < -0.39 is 0 Å². The monoisotopic (exact) mass is 294 g/mol. The molecule has 1 saturated carbocycles. The van der Waals surface area contributed by atoms with Crippen LogP contribution in [0.4, 0.5) is 5.13 Å². The molecule has 1 N–H and O–H groups in total. The highest BCUT2D eigenvalue weighted by molar-refractivity contribution is 7.13. The number of carbonyl (C=O) groups excluding carboxylic acids is 2. The minimum absolute atomic E-state index is 0.117. The number of hydrogen-bond donors (Lipinski definition) is 1. The molecule has 6 nitrogen and oxygen atoms in total. The Labute approximate surface area is 121 Å². The Morgan fingerprint density at radius 3 is 2.85 bits per heavy atom. The van der Waals surface area contributed by atoms with Gasteiger partial charge in [0.05, 0.1) is 5.92 Å². The molecule has 20 heavy (non-hydrogen) atoms. The van der Waals surface area contributed by atoms with Crippen LogP contribution in [0.5, 0.6) is 0 Å². The van der Waals surface area contributed by atoms with Crippen LogP contribution in [-0.2, 0) is 9.59 Å². The van der Waals surface area contributed by atoms with Crippen molar-refractivity contribution in [1.29, 1.82) is 0 Å². The number of amides is 2. The molecule has 0 spiro atoms. The Morgan fingerprint density at radius 2 is 2.15 bits per heavy atom. The van der Waals surface area contributed by atoms with Crippen LogP contribution in [0.1, 0.15) is 38.5 Å². The first-order valence-electron chi connectivity index (χ1n) is 7.10. The summed E-state index contributed by atoms with van der Waals surface area (Å²) in [5.74, 6) is -0.254. The van der Waals surface area contributed by atoms with E-state index in [2.05, 4.69) is 15.5 Å². The van der Waals surface area contributed by atoms with Crippen LogP contribution in [0, 0.1) is 5.92 Å². The zero-order chi connectivity index (χ0) is 13.9. The first-order valence-corrected chi connectivity index (χ1v) is 7.98. The first kappa shape index (κ1) is 13.5. The highest BCUT2D eigenvalue weighted by Gasteiger charge is 2.38. The average molecular weight is 294 g/mol. The molecule has 1 aliphatic heterocycles. The molecule has 0 aromatic carbocycles. The maximum absolute atomic E-state index is 12.1. The summed E-state index contributed by atoms with van der Waals surface area (Å²) in [7, 11) is 0. The fraction of sp³-hybridized carbons (Fsp3) is 0.692. The van der Waals surface area contributed by atoms with Gasteiger partial charge in [-0.2, -0.15) is 0 Å². The molecule has 1 aromatic rings. The molecule has 1 saturated heterocycles. The topological polar surface area (TPSA) is 75.2 Å². The zero-order valence-corrected chi connectivity index (χ0v) is 12.1. The van der Waals surface area contributed by atoms with E-state index in [1.165, 1.54) is 30.6 Å². The number of aromatic nitrogens is 2. The molecule has 1 aliphatic carbocycles. The molecule has 7 heteroatoms. The molecule has 108 valence electrons. The smallest absolute Gasteiger partial charge is 0.231 e. The minimum Gasteiger partial charge on any atom is -0.339 e. The van der Waals surface area contributed by atoms with Crippen molar-refractivity contribution in [3.63, 3.8) is 0 Å². The molecule has 2 aliphatic rings. The summed E-state index contributed by atoms with van der Waals surface area (Å²) in [6.07, 6.45) is 6.12. The first-order chi connectivity index (χ1) is 9.74. The van der Waals surface area contributed by atoms with Crippen molar-refractivity contribution < 1.29 is 9.59 Å². The minimum atomic E-state index is -0.256. The third-order valence-electron chi connectivity index (χ3n) is 4.13. The van der Waals surface area contributed by atoms with Crippen LogP contribution in [0.2, 0.25) is 0 Å². The second kappa shape index (κ2) is 5.87. The Kier molecular flexibility index (Phi) is 3.95. The van der Waals surface area contributed by atoms with Crippen molar-refractivity contribution >= 4 is 28.3 Å². The largest absolute Gasteiger partial charge is 0.339 e. The summed E-state index contributed by atoms with van der Waals surface area (Å²) < 4.78 is 0. The van der Waals surface area contributed by atoms with E-state index in [0.29, 0.717) is 24.1 Å². The highest BCUT2D eigenvalue weighted by Crippen LogP contribution is 2.29. The van der Waals surface area contributed by atoms with E-state index in [1.807, 2.05) is 4.90 Å². The summed E-state index contributed by atoms with van der Waals surface area (Å²) in [4.78, 5) is 26.2. The Balaban J connectivity index is 1.59. The van der Waals surface area contributed by atoms with Crippen molar-refractivity contribution in [3.05, 3.63) is 5.51 Å². The number of rotatable bonds is 3. The standard InChI is InChI=1S/C13H18N4O2S/c18-11-6-9(12(19)15-13-16-14-8-20-13)7-17(11)10-4-2-1-3-5-10/h8-10H,1-7H2,(H,15,16,19)/t9-/m0/s1. The number of anilines is 1. The van der Waals surface area contributed by atoms with Crippen molar-refractivity contribution in [2.75, 3.05) is 11.9 Å². The SMILES string of the molecule is O=C(Nc1nncs1)[C@H]1CC(=O)N(C2CCCCC2)C1. The fourth-order valence-electron chi connectivity index (χ4n) is 3.09. The van der Waals surface area contributed by atoms with Crippen LogP contribution in [-0.4, -0.2) is 39.5 Å². The third-order valence-corrected chi connectivity index (χ3v) is 4.74. The molecule has 0 radical (unpaired) electrons. The predicted molar refractivity (Wildman–Crippen MR) is 75.2 cm³/mol.